The predicted octanol–water partition coefficient (Wildman–Crippen LogP) is 5.74. The summed E-state index contributed by atoms with van der Waals surface area (Å²) in [6.07, 6.45) is 2.05. The van der Waals surface area contributed by atoms with E-state index >= 15 is 0 Å². The number of para-hydroxylation sites is 1. The van der Waals surface area contributed by atoms with Crippen LogP contribution in [0.2, 0.25) is 10.0 Å². The fourth-order valence-electron chi connectivity index (χ4n) is 3.50. The smallest absolute Gasteiger partial charge is 0.322 e. The molecule has 1 aromatic heterocycles. The molecule has 0 spiro atoms. The van der Waals surface area contributed by atoms with E-state index in [0.717, 1.165) is 17.8 Å². The van der Waals surface area contributed by atoms with Crippen LogP contribution in [0.5, 0.6) is 0 Å². The Bertz CT molecular complexity index is 961. The zero-order chi connectivity index (χ0) is 19.0. The number of anilines is 1. The molecular weight excluding hydrogens is 381 g/mol. The maximum Gasteiger partial charge on any atom is 0.322 e. The molecule has 6 heteroatoms. The SMILES string of the molecule is Cc1ccc(C2c3cccn3CCN2C(=O)Nc2c(Cl)cccc2Cl)cc1. The number of carbonyl (C=O) groups is 1. The standard InChI is InChI=1S/C21H19Cl2N3O/c1-14-7-9-15(10-8-14)20-18-6-3-11-25(18)12-13-26(20)21(27)24-19-16(22)4-2-5-17(19)23/h2-11,20H,12-13H2,1H3,(H,24,27). The van der Waals surface area contributed by atoms with Gasteiger partial charge < -0.3 is 14.8 Å². The molecule has 3 aromatic rings. The van der Waals surface area contributed by atoms with E-state index in [1.807, 2.05) is 11.0 Å². The number of aryl methyl sites for hydroxylation is 1. The Hall–Kier alpha value is -2.43. The lowest BCUT2D eigenvalue weighted by Gasteiger charge is -2.37. The van der Waals surface area contributed by atoms with Gasteiger partial charge in [0.25, 0.3) is 0 Å². The van der Waals surface area contributed by atoms with E-state index in [1.165, 1.54) is 5.56 Å². The first-order chi connectivity index (χ1) is 13.0. The Labute approximate surface area is 168 Å². The monoisotopic (exact) mass is 399 g/mol. The summed E-state index contributed by atoms with van der Waals surface area (Å²) in [6, 6.07) is 17.1. The molecule has 1 atom stereocenters. The molecule has 0 saturated carbocycles. The van der Waals surface area contributed by atoms with Crippen LogP contribution < -0.4 is 5.32 Å². The Kier molecular flexibility index (Phi) is 4.85. The van der Waals surface area contributed by atoms with Gasteiger partial charge in [0.2, 0.25) is 0 Å². The van der Waals surface area contributed by atoms with Gasteiger partial charge in [0.05, 0.1) is 21.8 Å². The van der Waals surface area contributed by atoms with Crippen LogP contribution in [0.15, 0.2) is 60.8 Å². The molecular formula is C21H19Cl2N3O. The van der Waals surface area contributed by atoms with E-state index in [1.54, 1.807) is 18.2 Å². The van der Waals surface area contributed by atoms with Crippen molar-refractivity contribution in [2.24, 2.45) is 0 Å². The number of hydrogen-bond donors (Lipinski definition) is 1. The largest absolute Gasteiger partial charge is 0.348 e. The molecule has 2 heterocycles. The normalized spacial score (nSPS) is 16.1. The number of hydrogen-bond acceptors (Lipinski definition) is 1. The first-order valence-corrected chi connectivity index (χ1v) is 9.53. The fourth-order valence-corrected chi connectivity index (χ4v) is 3.99. The lowest BCUT2D eigenvalue weighted by atomic mass is 9.99. The van der Waals surface area contributed by atoms with E-state index in [-0.39, 0.29) is 12.1 Å². The van der Waals surface area contributed by atoms with E-state index in [0.29, 0.717) is 22.3 Å². The van der Waals surface area contributed by atoms with Crippen molar-refractivity contribution >= 4 is 34.9 Å². The van der Waals surface area contributed by atoms with Crippen LogP contribution in [0.3, 0.4) is 0 Å². The second kappa shape index (κ2) is 7.29. The molecule has 0 saturated heterocycles. The second-order valence-electron chi connectivity index (χ2n) is 6.66. The Morgan fingerprint density at radius 3 is 2.41 bits per heavy atom. The number of rotatable bonds is 2. The summed E-state index contributed by atoms with van der Waals surface area (Å²) in [6.45, 7) is 3.39. The molecule has 138 valence electrons. The number of fused-ring (bicyclic) bond motifs is 1. The van der Waals surface area contributed by atoms with Crippen LogP contribution in [0.4, 0.5) is 10.5 Å². The predicted molar refractivity (Wildman–Crippen MR) is 110 cm³/mol. The molecule has 1 aliphatic heterocycles. The van der Waals surface area contributed by atoms with Gasteiger partial charge in [0.1, 0.15) is 0 Å². The number of carbonyl (C=O) groups excluding carboxylic acids is 1. The van der Waals surface area contributed by atoms with Gasteiger partial charge in [-0.1, -0.05) is 59.1 Å². The number of aromatic nitrogens is 1. The van der Waals surface area contributed by atoms with E-state index < -0.39 is 0 Å². The first kappa shape index (κ1) is 18.0. The zero-order valence-electron chi connectivity index (χ0n) is 14.8. The van der Waals surface area contributed by atoms with Gasteiger partial charge in [-0.25, -0.2) is 4.79 Å². The van der Waals surface area contributed by atoms with Crippen LogP contribution in [0.1, 0.15) is 22.9 Å². The van der Waals surface area contributed by atoms with Crippen molar-refractivity contribution in [2.75, 3.05) is 11.9 Å². The molecule has 1 N–H and O–H groups in total. The molecule has 0 fully saturated rings. The highest BCUT2D eigenvalue weighted by molar-refractivity contribution is 6.39. The van der Waals surface area contributed by atoms with E-state index in [4.69, 9.17) is 23.2 Å². The maximum atomic E-state index is 13.1. The third kappa shape index (κ3) is 3.43. The Balaban J connectivity index is 1.70. The molecule has 2 aromatic carbocycles. The minimum atomic E-state index is -0.219. The van der Waals surface area contributed by atoms with Crippen molar-refractivity contribution < 1.29 is 4.79 Å². The van der Waals surface area contributed by atoms with Crippen LogP contribution in [-0.4, -0.2) is 22.0 Å². The number of halogens is 2. The van der Waals surface area contributed by atoms with E-state index in [9.17, 15) is 4.79 Å². The van der Waals surface area contributed by atoms with Crippen LogP contribution in [0.25, 0.3) is 0 Å². The summed E-state index contributed by atoms with van der Waals surface area (Å²) in [5, 5.41) is 3.74. The van der Waals surface area contributed by atoms with Gasteiger partial charge in [0, 0.05) is 25.0 Å². The average molecular weight is 400 g/mol. The number of urea groups is 1. The Morgan fingerprint density at radius 2 is 1.70 bits per heavy atom. The molecule has 2 amide bonds. The van der Waals surface area contributed by atoms with Crippen molar-refractivity contribution in [1.29, 1.82) is 0 Å². The topological polar surface area (TPSA) is 37.3 Å². The quantitative estimate of drug-likeness (QED) is 0.585. The summed E-state index contributed by atoms with van der Waals surface area (Å²) in [4.78, 5) is 15.0. The molecule has 4 nitrogen and oxygen atoms in total. The Morgan fingerprint density at radius 1 is 1.00 bits per heavy atom. The first-order valence-electron chi connectivity index (χ1n) is 8.78. The lowest BCUT2D eigenvalue weighted by Crippen LogP contribution is -2.44. The summed E-state index contributed by atoms with van der Waals surface area (Å²) in [5.74, 6) is 0. The van der Waals surface area contributed by atoms with Gasteiger partial charge in [-0.3, -0.25) is 0 Å². The molecule has 0 radical (unpaired) electrons. The van der Waals surface area contributed by atoms with Crippen molar-refractivity contribution in [1.82, 2.24) is 9.47 Å². The number of nitrogens with one attached hydrogen (secondary N) is 1. The highest BCUT2D eigenvalue weighted by Gasteiger charge is 2.32. The minimum Gasteiger partial charge on any atom is -0.348 e. The summed E-state index contributed by atoms with van der Waals surface area (Å²) in [5.41, 5.74) is 3.78. The van der Waals surface area contributed by atoms with Crippen LogP contribution in [0, 0.1) is 6.92 Å². The van der Waals surface area contributed by atoms with Crippen LogP contribution >= 0.6 is 23.2 Å². The number of nitrogens with zero attached hydrogens (tertiary/aromatic N) is 2. The van der Waals surface area contributed by atoms with Crippen LogP contribution in [-0.2, 0) is 6.54 Å². The van der Waals surface area contributed by atoms with Gasteiger partial charge in [-0.05, 0) is 36.8 Å². The molecule has 4 rings (SSSR count). The highest BCUT2D eigenvalue weighted by atomic mass is 35.5. The minimum absolute atomic E-state index is 0.171. The molecule has 0 aliphatic carbocycles. The third-order valence-corrected chi connectivity index (χ3v) is 5.52. The molecule has 27 heavy (non-hydrogen) atoms. The number of benzene rings is 2. The second-order valence-corrected chi connectivity index (χ2v) is 7.47. The van der Waals surface area contributed by atoms with Gasteiger partial charge in [-0.15, -0.1) is 0 Å². The van der Waals surface area contributed by atoms with Crippen molar-refractivity contribution in [3.63, 3.8) is 0 Å². The summed E-state index contributed by atoms with van der Waals surface area (Å²) < 4.78 is 2.19. The fraction of sp³-hybridized carbons (Fsp3) is 0.190. The van der Waals surface area contributed by atoms with Gasteiger partial charge >= 0.3 is 6.03 Å². The highest BCUT2D eigenvalue weighted by Crippen LogP contribution is 2.35. The van der Waals surface area contributed by atoms with E-state index in [2.05, 4.69) is 53.3 Å². The van der Waals surface area contributed by atoms with Gasteiger partial charge in [-0.2, -0.15) is 0 Å². The average Bonchev–Trinajstić information content (AvgIpc) is 3.13. The van der Waals surface area contributed by atoms with Crippen molar-refractivity contribution in [2.45, 2.75) is 19.5 Å². The summed E-state index contributed by atoms with van der Waals surface area (Å²) >= 11 is 12.5. The molecule has 0 bridgehead atoms. The maximum absolute atomic E-state index is 13.1. The summed E-state index contributed by atoms with van der Waals surface area (Å²) in [7, 11) is 0. The number of amides is 2. The lowest BCUT2D eigenvalue weighted by molar-refractivity contribution is 0.182. The zero-order valence-corrected chi connectivity index (χ0v) is 16.3. The van der Waals surface area contributed by atoms with Gasteiger partial charge in [0.15, 0.2) is 0 Å². The third-order valence-electron chi connectivity index (χ3n) is 4.89. The molecule has 1 unspecified atom stereocenters. The van der Waals surface area contributed by atoms with Crippen molar-refractivity contribution in [3.05, 3.63) is 87.7 Å². The molecule has 1 aliphatic rings. The van der Waals surface area contributed by atoms with Crippen molar-refractivity contribution in [3.8, 4) is 0 Å².